The molecule has 0 bridgehead atoms. The van der Waals surface area contributed by atoms with E-state index in [0.717, 1.165) is 0 Å². The molecule has 0 aromatic heterocycles. The number of hydrogen-bond donors (Lipinski definition) is 0. The average Bonchev–Trinajstić information content (AvgIpc) is 1.84. The normalized spacial score (nSPS) is 13.2. The maximum atomic E-state index is 11.2. The Morgan fingerprint density at radius 1 is 1.55 bits per heavy atom. The topological polar surface area (TPSA) is 26.3 Å². The lowest BCUT2D eigenvalue weighted by Crippen LogP contribution is -2.29. The number of hydrogen-bond acceptors (Lipinski definition) is 2. The van der Waals surface area contributed by atoms with Crippen LogP contribution in [0, 0.1) is 0 Å². The number of carbonyl (C=O) groups is 1. The van der Waals surface area contributed by atoms with E-state index < -0.39 is 9.04 Å². The Morgan fingerprint density at radius 3 is 2.27 bits per heavy atom. The van der Waals surface area contributed by atoms with Crippen LogP contribution in [0.25, 0.3) is 0 Å². The summed E-state index contributed by atoms with van der Waals surface area (Å²) in [4.78, 5) is 11.2. The molecule has 0 aliphatic carbocycles. The van der Waals surface area contributed by atoms with E-state index in [-0.39, 0.29) is 11.5 Å². The molecule has 0 spiro atoms. The molecule has 64 valence electrons. The molecule has 11 heavy (non-hydrogen) atoms. The minimum Gasteiger partial charge on any atom is -0.410 e. The fourth-order valence-corrected chi connectivity index (χ4v) is 2.45. The molecule has 0 aromatic carbocycles. The molecule has 2 nitrogen and oxygen atoms in total. The number of allylic oxidation sites excluding steroid dienone is 1. The SMILES string of the molecule is C=C(C)C(=O)[SiH](C)OC(C)C. The van der Waals surface area contributed by atoms with Crippen LogP contribution < -0.4 is 0 Å². The maximum Gasteiger partial charge on any atom is 0.252 e. The van der Waals surface area contributed by atoms with Gasteiger partial charge in [-0.2, -0.15) is 0 Å². The zero-order chi connectivity index (χ0) is 9.02. The van der Waals surface area contributed by atoms with Gasteiger partial charge in [0.25, 0.3) is 9.04 Å². The molecule has 3 heteroatoms. The van der Waals surface area contributed by atoms with Crippen molar-refractivity contribution in [1.82, 2.24) is 0 Å². The minimum absolute atomic E-state index is 0.124. The molecular weight excluding hydrogens is 156 g/mol. The van der Waals surface area contributed by atoms with Gasteiger partial charge in [0.15, 0.2) is 5.41 Å². The Morgan fingerprint density at radius 2 is 2.00 bits per heavy atom. The van der Waals surface area contributed by atoms with Gasteiger partial charge in [-0.25, -0.2) is 0 Å². The van der Waals surface area contributed by atoms with Crippen molar-refractivity contribution >= 4 is 14.4 Å². The second-order valence-electron chi connectivity index (χ2n) is 2.97. The van der Waals surface area contributed by atoms with Gasteiger partial charge in [-0.3, -0.25) is 4.79 Å². The van der Waals surface area contributed by atoms with E-state index in [2.05, 4.69) is 6.58 Å². The summed E-state index contributed by atoms with van der Waals surface area (Å²) in [5.41, 5.74) is 0.616. The zero-order valence-electron chi connectivity index (χ0n) is 7.68. The van der Waals surface area contributed by atoms with Crippen LogP contribution >= 0.6 is 0 Å². The van der Waals surface area contributed by atoms with Gasteiger partial charge < -0.3 is 4.43 Å². The van der Waals surface area contributed by atoms with Gasteiger partial charge >= 0.3 is 0 Å². The first kappa shape index (κ1) is 10.6. The van der Waals surface area contributed by atoms with Gasteiger partial charge in [-0.15, -0.1) is 0 Å². The second kappa shape index (κ2) is 4.46. The van der Waals surface area contributed by atoms with Gasteiger partial charge in [-0.05, 0) is 32.9 Å². The third-order valence-electron chi connectivity index (χ3n) is 1.27. The molecule has 0 saturated heterocycles. The fraction of sp³-hybridized carbons (Fsp3) is 0.625. The predicted octanol–water partition coefficient (Wildman–Crippen LogP) is 1.45. The fourth-order valence-electron chi connectivity index (χ4n) is 0.817. The molecule has 0 fully saturated rings. The van der Waals surface area contributed by atoms with Gasteiger partial charge in [0.1, 0.15) is 0 Å². The lowest BCUT2D eigenvalue weighted by Gasteiger charge is -2.13. The summed E-state index contributed by atoms with van der Waals surface area (Å²) >= 11 is 0. The van der Waals surface area contributed by atoms with Crippen molar-refractivity contribution < 1.29 is 9.22 Å². The Labute approximate surface area is 70.0 Å². The molecule has 0 N–H and O–H groups in total. The minimum atomic E-state index is -1.65. The molecule has 0 aromatic rings. The monoisotopic (exact) mass is 172 g/mol. The molecule has 0 rings (SSSR count). The van der Waals surface area contributed by atoms with E-state index in [0.29, 0.717) is 5.57 Å². The van der Waals surface area contributed by atoms with Crippen molar-refractivity contribution in [2.45, 2.75) is 33.4 Å². The Bertz CT molecular complexity index is 163. The molecule has 0 aliphatic heterocycles. The third kappa shape index (κ3) is 4.11. The van der Waals surface area contributed by atoms with Crippen LogP contribution in [0.15, 0.2) is 12.2 Å². The zero-order valence-corrected chi connectivity index (χ0v) is 8.83. The second-order valence-corrected chi connectivity index (χ2v) is 5.05. The molecule has 0 amide bonds. The average molecular weight is 172 g/mol. The van der Waals surface area contributed by atoms with Crippen LogP contribution in [0.4, 0.5) is 0 Å². The summed E-state index contributed by atoms with van der Waals surface area (Å²) in [7, 11) is -1.65. The molecular formula is C8H16O2Si. The Hall–Kier alpha value is -0.413. The Balaban J connectivity index is 3.93. The van der Waals surface area contributed by atoms with Crippen molar-refractivity contribution in [2.75, 3.05) is 0 Å². The number of rotatable bonds is 4. The van der Waals surface area contributed by atoms with Crippen molar-refractivity contribution in [1.29, 1.82) is 0 Å². The highest BCUT2D eigenvalue weighted by Crippen LogP contribution is 2.00. The summed E-state index contributed by atoms with van der Waals surface area (Å²) in [6.07, 6.45) is 0.153. The molecule has 0 heterocycles. The van der Waals surface area contributed by atoms with Gasteiger partial charge in [0, 0.05) is 6.10 Å². The van der Waals surface area contributed by atoms with Crippen LogP contribution in [0.3, 0.4) is 0 Å². The van der Waals surface area contributed by atoms with Crippen LogP contribution in [0.5, 0.6) is 0 Å². The summed E-state index contributed by atoms with van der Waals surface area (Å²) in [5, 5.41) is 0.124. The molecule has 1 atom stereocenters. The molecule has 0 saturated carbocycles. The first-order valence-electron chi connectivity index (χ1n) is 3.80. The van der Waals surface area contributed by atoms with Crippen molar-refractivity contribution in [3.05, 3.63) is 12.2 Å². The summed E-state index contributed by atoms with van der Waals surface area (Å²) < 4.78 is 5.40. The van der Waals surface area contributed by atoms with Crippen LogP contribution in [-0.4, -0.2) is 20.6 Å². The van der Waals surface area contributed by atoms with Crippen molar-refractivity contribution in [3.8, 4) is 0 Å². The van der Waals surface area contributed by atoms with E-state index >= 15 is 0 Å². The van der Waals surface area contributed by atoms with Crippen molar-refractivity contribution in [3.63, 3.8) is 0 Å². The number of carbonyl (C=O) groups excluding carboxylic acids is 1. The van der Waals surface area contributed by atoms with Crippen LogP contribution in [-0.2, 0) is 9.22 Å². The Kier molecular flexibility index (Phi) is 4.29. The van der Waals surface area contributed by atoms with Gasteiger partial charge in [0.05, 0.1) is 0 Å². The van der Waals surface area contributed by atoms with Gasteiger partial charge in [-0.1, -0.05) is 6.58 Å². The van der Waals surface area contributed by atoms with Crippen LogP contribution in [0.1, 0.15) is 20.8 Å². The van der Waals surface area contributed by atoms with E-state index in [4.69, 9.17) is 4.43 Å². The first-order chi connectivity index (χ1) is 4.95. The van der Waals surface area contributed by atoms with Crippen LogP contribution in [0.2, 0.25) is 6.55 Å². The lowest BCUT2D eigenvalue weighted by atomic mass is 10.4. The first-order valence-corrected chi connectivity index (χ1v) is 6.00. The van der Waals surface area contributed by atoms with Gasteiger partial charge in [0.2, 0.25) is 0 Å². The summed E-state index contributed by atoms with van der Waals surface area (Å²) in [6.45, 7) is 11.1. The highest BCUT2D eigenvalue weighted by Gasteiger charge is 2.17. The maximum absolute atomic E-state index is 11.2. The third-order valence-corrected chi connectivity index (χ3v) is 3.45. The van der Waals surface area contributed by atoms with E-state index in [1.165, 1.54) is 0 Å². The highest BCUT2D eigenvalue weighted by molar-refractivity contribution is 6.87. The summed E-state index contributed by atoms with van der Waals surface area (Å²) in [5.74, 6) is 0. The van der Waals surface area contributed by atoms with Crippen molar-refractivity contribution in [2.24, 2.45) is 0 Å². The highest BCUT2D eigenvalue weighted by atomic mass is 28.3. The predicted molar refractivity (Wildman–Crippen MR) is 49.1 cm³/mol. The standard InChI is InChI=1S/C8H16O2Si/c1-6(2)8(9)11(5)10-7(3)4/h7,11H,1H2,2-5H3. The van der Waals surface area contributed by atoms with E-state index in [1.807, 2.05) is 20.4 Å². The van der Waals surface area contributed by atoms with E-state index in [9.17, 15) is 4.79 Å². The quantitative estimate of drug-likeness (QED) is 0.474. The molecule has 0 radical (unpaired) electrons. The lowest BCUT2D eigenvalue weighted by molar-refractivity contribution is -0.110. The summed E-state index contributed by atoms with van der Waals surface area (Å²) in [6, 6.07) is 0. The molecule has 0 aliphatic rings. The molecule has 1 unspecified atom stereocenters. The smallest absolute Gasteiger partial charge is 0.252 e. The van der Waals surface area contributed by atoms with E-state index in [1.54, 1.807) is 6.92 Å². The largest absolute Gasteiger partial charge is 0.410 e.